The molecular formula is C18H19NO3S. The standard InChI is InChI=1S/C18H19NO3S/c1-2-22-18-10-6-5-9-17(18)19-23(20,21)16-12-11-14-7-3-4-8-15(14)13-16/h3-10,13,19H,2,11-12H2,1H3. The number of rotatable bonds is 5. The van der Waals surface area contributed by atoms with Crippen LogP contribution in [-0.2, 0) is 16.4 Å². The highest BCUT2D eigenvalue weighted by Gasteiger charge is 2.22. The van der Waals surface area contributed by atoms with Crippen molar-refractivity contribution in [1.29, 1.82) is 0 Å². The highest BCUT2D eigenvalue weighted by atomic mass is 32.2. The van der Waals surface area contributed by atoms with Gasteiger partial charge in [0.05, 0.1) is 17.2 Å². The lowest BCUT2D eigenvalue weighted by molar-refractivity contribution is 0.342. The van der Waals surface area contributed by atoms with Crippen LogP contribution in [0.2, 0.25) is 0 Å². The quantitative estimate of drug-likeness (QED) is 0.907. The molecule has 0 aromatic heterocycles. The molecule has 1 aliphatic rings. The Morgan fingerprint density at radius 2 is 1.78 bits per heavy atom. The number of para-hydroxylation sites is 2. The first-order chi connectivity index (χ1) is 11.1. The van der Waals surface area contributed by atoms with E-state index in [0.717, 1.165) is 12.0 Å². The molecule has 0 saturated heterocycles. The number of hydrogen-bond donors (Lipinski definition) is 1. The number of anilines is 1. The Bertz CT molecular complexity index is 841. The molecule has 0 spiro atoms. The van der Waals surface area contributed by atoms with Gasteiger partial charge in [-0.25, -0.2) is 8.42 Å². The molecule has 0 saturated carbocycles. The maximum absolute atomic E-state index is 12.7. The van der Waals surface area contributed by atoms with Crippen LogP contribution in [0.5, 0.6) is 5.75 Å². The number of ether oxygens (including phenoxy) is 1. The van der Waals surface area contributed by atoms with Crippen LogP contribution in [0.25, 0.3) is 6.08 Å². The number of sulfonamides is 1. The van der Waals surface area contributed by atoms with Gasteiger partial charge in [-0.15, -0.1) is 0 Å². The van der Waals surface area contributed by atoms with Gasteiger partial charge >= 0.3 is 0 Å². The summed E-state index contributed by atoms with van der Waals surface area (Å²) in [6.45, 7) is 2.35. The predicted octanol–water partition coefficient (Wildman–Crippen LogP) is 3.81. The molecule has 0 fully saturated rings. The van der Waals surface area contributed by atoms with E-state index in [9.17, 15) is 8.42 Å². The second kappa shape index (κ2) is 6.46. The molecule has 5 heteroatoms. The van der Waals surface area contributed by atoms with E-state index in [-0.39, 0.29) is 0 Å². The van der Waals surface area contributed by atoms with E-state index in [2.05, 4.69) is 4.72 Å². The molecule has 23 heavy (non-hydrogen) atoms. The maximum Gasteiger partial charge on any atom is 0.258 e. The molecule has 0 heterocycles. The normalized spacial score (nSPS) is 13.9. The predicted molar refractivity (Wildman–Crippen MR) is 92.9 cm³/mol. The summed E-state index contributed by atoms with van der Waals surface area (Å²) in [5, 5.41) is 0. The Morgan fingerprint density at radius 3 is 2.61 bits per heavy atom. The summed E-state index contributed by atoms with van der Waals surface area (Å²) in [5.41, 5.74) is 2.62. The van der Waals surface area contributed by atoms with E-state index in [0.29, 0.717) is 29.4 Å². The largest absolute Gasteiger partial charge is 0.492 e. The maximum atomic E-state index is 12.7. The van der Waals surface area contributed by atoms with E-state index in [1.807, 2.05) is 37.3 Å². The summed E-state index contributed by atoms with van der Waals surface area (Å²) in [6.07, 6.45) is 2.99. The number of benzene rings is 2. The average molecular weight is 329 g/mol. The fraction of sp³-hybridized carbons (Fsp3) is 0.222. The topological polar surface area (TPSA) is 55.4 Å². The SMILES string of the molecule is CCOc1ccccc1NS(=O)(=O)C1=Cc2ccccc2CC1. The second-order valence-corrected chi connectivity index (χ2v) is 7.08. The van der Waals surface area contributed by atoms with Gasteiger partial charge in [0.15, 0.2) is 0 Å². The van der Waals surface area contributed by atoms with Crippen molar-refractivity contribution in [1.82, 2.24) is 0 Å². The van der Waals surface area contributed by atoms with Gasteiger partial charge in [-0.3, -0.25) is 4.72 Å². The van der Waals surface area contributed by atoms with Crippen molar-refractivity contribution < 1.29 is 13.2 Å². The third kappa shape index (κ3) is 3.40. The van der Waals surface area contributed by atoms with Crippen LogP contribution in [0.4, 0.5) is 5.69 Å². The van der Waals surface area contributed by atoms with Crippen LogP contribution < -0.4 is 9.46 Å². The van der Waals surface area contributed by atoms with Gasteiger partial charge in [-0.05, 0) is 49.1 Å². The molecular weight excluding hydrogens is 310 g/mol. The average Bonchev–Trinajstić information content (AvgIpc) is 2.56. The van der Waals surface area contributed by atoms with Crippen molar-refractivity contribution in [2.24, 2.45) is 0 Å². The number of nitrogens with one attached hydrogen (secondary N) is 1. The summed E-state index contributed by atoms with van der Waals surface area (Å²) in [6, 6.07) is 14.9. The summed E-state index contributed by atoms with van der Waals surface area (Å²) in [7, 11) is -3.59. The van der Waals surface area contributed by atoms with E-state index in [1.54, 1.807) is 24.3 Å². The molecule has 2 aromatic rings. The van der Waals surface area contributed by atoms with Crippen LogP contribution in [0.1, 0.15) is 24.5 Å². The Balaban J connectivity index is 1.90. The molecule has 3 rings (SSSR count). The zero-order valence-corrected chi connectivity index (χ0v) is 13.8. The Labute approximate surface area is 136 Å². The number of fused-ring (bicyclic) bond motifs is 1. The molecule has 4 nitrogen and oxygen atoms in total. The fourth-order valence-electron chi connectivity index (χ4n) is 2.66. The van der Waals surface area contributed by atoms with Crippen molar-refractivity contribution in [2.45, 2.75) is 19.8 Å². The minimum Gasteiger partial charge on any atom is -0.492 e. The minimum absolute atomic E-state index is 0.405. The monoisotopic (exact) mass is 329 g/mol. The molecule has 0 amide bonds. The first-order valence-electron chi connectivity index (χ1n) is 7.63. The minimum atomic E-state index is -3.59. The first-order valence-corrected chi connectivity index (χ1v) is 9.11. The highest BCUT2D eigenvalue weighted by molar-refractivity contribution is 7.96. The molecule has 0 atom stereocenters. The third-order valence-corrected chi connectivity index (χ3v) is 5.29. The Kier molecular flexibility index (Phi) is 4.39. The van der Waals surface area contributed by atoms with E-state index >= 15 is 0 Å². The first kappa shape index (κ1) is 15.6. The van der Waals surface area contributed by atoms with Gasteiger partial charge < -0.3 is 4.74 Å². The van der Waals surface area contributed by atoms with Crippen LogP contribution in [0, 0.1) is 0 Å². The van der Waals surface area contributed by atoms with E-state index < -0.39 is 10.0 Å². The summed E-state index contributed by atoms with van der Waals surface area (Å²) in [4.78, 5) is 0.405. The fourth-order valence-corrected chi connectivity index (χ4v) is 3.90. The number of aryl methyl sites for hydroxylation is 1. The van der Waals surface area contributed by atoms with Gasteiger partial charge in [0, 0.05) is 0 Å². The molecule has 120 valence electrons. The summed E-state index contributed by atoms with van der Waals surface area (Å²) < 4.78 is 33.5. The molecule has 0 bridgehead atoms. The van der Waals surface area contributed by atoms with Gasteiger partial charge in [0.25, 0.3) is 10.0 Å². The number of hydrogen-bond acceptors (Lipinski definition) is 3. The van der Waals surface area contributed by atoms with Crippen molar-refractivity contribution in [3.8, 4) is 5.75 Å². The van der Waals surface area contributed by atoms with Crippen LogP contribution in [0.15, 0.2) is 53.4 Å². The number of allylic oxidation sites excluding steroid dienone is 1. The lowest BCUT2D eigenvalue weighted by Gasteiger charge is -2.18. The summed E-state index contributed by atoms with van der Waals surface area (Å²) in [5.74, 6) is 0.537. The van der Waals surface area contributed by atoms with E-state index in [4.69, 9.17) is 4.74 Å². The highest BCUT2D eigenvalue weighted by Crippen LogP contribution is 2.30. The Morgan fingerprint density at radius 1 is 1.04 bits per heavy atom. The third-order valence-electron chi connectivity index (χ3n) is 3.79. The zero-order valence-electron chi connectivity index (χ0n) is 13.0. The Hall–Kier alpha value is -2.27. The second-order valence-electron chi connectivity index (χ2n) is 5.34. The van der Waals surface area contributed by atoms with Gasteiger partial charge in [-0.2, -0.15) is 0 Å². The lowest BCUT2D eigenvalue weighted by atomic mass is 9.98. The van der Waals surface area contributed by atoms with Crippen molar-refractivity contribution in [3.05, 3.63) is 64.6 Å². The molecule has 0 radical (unpaired) electrons. The smallest absolute Gasteiger partial charge is 0.258 e. The van der Waals surface area contributed by atoms with Gasteiger partial charge in [0.1, 0.15) is 5.75 Å². The summed E-state index contributed by atoms with van der Waals surface area (Å²) >= 11 is 0. The van der Waals surface area contributed by atoms with Gasteiger partial charge in [-0.1, -0.05) is 36.4 Å². The molecule has 0 aliphatic heterocycles. The van der Waals surface area contributed by atoms with Crippen molar-refractivity contribution >= 4 is 21.8 Å². The van der Waals surface area contributed by atoms with Crippen LogP contribution in [0.3, 0.4) is 0 Å². The molecule has 2 aromatic carbocycles. The van der Waals surface area contributed by atoms with Crippen molar-refractivity contribution in [2.75, 3.05) is 11.3 Å². The molecule has 0 unspecified atom stereocenters. The zero-order chi connectivity index (χ0) is 16.3. The van der Waals surface area contributed by atoms with E-state index in [1.165, 1.54) is 5.56 Å². The molecule has 1 N–H and O–H groups in total. The van der Waals surface area contributed by atoms with Gasteiger partial charge in [0.2, 0.25) is 0 Å². The van der Waals surface area contributed by atoms with Crippen LogP contribution >= 0.6 is 0 Å². The van der Waals surface area contributed by atoms with Crippen LogP contribution in [-0.4, -0.2) is 15.0 Å². The van der Waals surface area contributed by atoms with Crippen molar-refractivity contribution in [3.63, 3.8) is 0 Å². The molecule has 1 aliphatic carbocycles. The lowest BCUT2D eigenvalue weighted by Crippen LogP contribution is -2.18.